The van der Waals surface area contributed by atoms with Crippen molar-refractivity contribution in [3.05, 3.63) is 53.9 Å². The molecule has 0 aliphatic heterocycles. The third-order valence-electron chi connectivity index (χ3n) is 4.22. The Balaban J connectivity index is 1.77. The van der Waals surface area contributed by atoms with Gasteiger partial charge in [-0.25, -0.2) is 14.5 Å². The van der Waals surface area contributed by atoms with E-state index in [1.165, 1.54) is 0 Å². The van der Waals surface area contributed by atoms with Crippen LogP contribution in [-0.2, 0) is 4.74 Å². The van der Waals surface area contributed by atoms with Crippen molar-refractivity contribution in [3.63, 3.8) is 0 Å². The molecule has 0 fully saturated rings. The molecule has 0 N–H and O–H groups in total. The molecule has 2 aromatic heterocycles. The second-order valence-electron chi connectivity index (χ2n) is 6.97. The summed E-state index contributed by atoms with van der Waals surface area (Å²) in [7, 11) is 0. The van der Waals surface area contributed by atoms with Crippen LogP contribution in [0.2, 0.25) is 0 Å². The van der Waals surface area contributed by atoms with Crippen molar-refractivity contribution in [1.29, 1.82) is 0 Å². The van der Waals surface area contributed by atoms with Crippen LogP contribution in [0.5, 0.6) is 5.75 Å². The van der Waals surface area contributed by atoms with Gasteiger partial charge in [0.25, 0.3) is 0 Å². The highest BCUT2D eigenvalue weighted by molar-refractivity contribution is 6.02. The van der Waals surface area contributed by atoms with Gasteiger partial charge in [-0.3, -0.25) is 0 Å². The minimum absolute atomic E-state index is 0.153. The van der Waals surface area contributed by atoms with E-state index < -0.39 is 0 Å². The number of esters is 1. The molecule has 0 aliphatic rings. The van der Waals surface area contributed by atoms with Gasteiger partial charge in [-0.1, -0.05) is 32.0 Å². The number of carbonyl (C=O) groups is 1. The monoisotopic (exact) mass is 367 g/mol. The van der Waals surface area contributed by atoms with Crippen LogP contribution in [-0.4, -0.2) is 33.9 Å². The van der Waals surface area contributed by atoms with Crippen LogP contribution < -0.4 is 4.74 Å². The van der Waals surface area contributed by atoms with Gasteiger partial charge < -0.3 is 9.47 Å². The van der Waals surface area contributed by atoms with Gasteiger partial charge in [0.05, 0.1) is 17.1 Å². The molecular weight excluding hydrogens is 342 g/mol. The molecule has 27 heavy (non-hydrogen) atoms. The normalized spacial score (nSPS) is 11.3. The molecule has 2 heterocycles. The van der Waals surface area contributed by atoms with Crippen molar-refractivity contribution >= 4 is 17.0 Å². The van der Waals surface area contributed by atoms with E-state index in [2.05, 4.69) is 5.10 Å². The van der Waals surface area contributed by atoms with E-state index in [-0.39, 0.29) is 24.5 Å². The number of hydrogen-bond donors (Lipinski definition) is 0. The summed E-state index contributed by atoms with van der Waals surface area (Å²) < 4.78 is 12.8. The zero-order valence-electron chi connectivity index (χ0n) is 16.2. The summed E-state index contributed by atoms with van der Waals surface area (Å²) >= 11 is 0. The van der Waals surface area contributed by atoms with Crippen LogP contribution >= 0.6 is 0 Å². The fourth-order valence-electron chi connectivity index (χ4n) is 2.77. The first-order valence-corrected chi connectivity index (χ1v) is 9.20. The second-order valence-corrected chi connectivity index (χ2v) is 6.97. The van der Waals surface area contributed by atoms with E-state index in [0.717, 1.165) is 11.4 Å². The summed E-state index contributed by atoms with van der Waals surface area (Å²) in [4.78, 5) is 17.4. The number of fused-ring (bicyclic) bond motifs is 1. The van der Waals surface area contributed by atoms with Crippen LogP contribution in [0.4, 0.5) is 0 Å². The Hall–Kier alpha value is -2.89. The van der Waals surface area contributed by atoms with E-state index in [1.807, 2.05) is 62.7 Å². The number of hydrogen-bond acceptors (Lipinski definition) is 5. The summed E-state index contributed by atoms with van der Waals surface area (Å²) in [6.45, 7) is 8.64. The predicted molar refractivity (Wildman–Crippen MR) is 104 cm³/mol. The number of para-hydroxylation sites is 1. The third-order valence-corrected chi connectivity index (χ3v) is 4.22. The van der Waals surface area contributed by atoms with Crippen LogP contribution in [0.25, 0.3) is 11.0 Å². The van der Waals surface area contributed by atoms with E-state index >= 15 is 0 Å². The lowest BCUT2D eigenvalue weighted by atomic mass is 10.1. The van der Waals surface area contributed by atoms with Gasteiger partial charge in [0, 0.05) is 11.7 Å². The van der Waals surface area contributed by atoms with Crippen molar-refractivity contribution in [2.24, 2.45) is 0 Å². The quantitative estimate of drug-likeness (QED) is 0.458. The molecule has 0 aliphatic carbocycles. The molecule has 0 saturated heterocycles. The average Bonchev–Trinajstić information content (AvgIpc) is 3.09. The van der Waals surface area contributed by atoms with Gasteiger partial charge in [0.1, 0.15) is 19.0 Å². The van der Waals surface area contributed by atoms with Gasteiger partial charge in [0.2, 0.25) is 0 Å². The molecule has 0 spiro atoms. The lowest BCUT2D eigenvalue weighted by molar-refractivity contribution is 0.0452. The summed E-state index contributed by atoms with van der Waals surface area (Å²) in [6, 6.07) is 11.4. The Morgan fingerprint density at radius 3 is 2.52 bits per heavy atom. The lowest BCUT2D eigenvalue weighted by Gasteiger charge is -2.12. The first-order chi connectivity index (χ1) is 13.0. The Labute approximate surface area is 159 Å². The molecule has 6 nitrogen and oxygen atoms in total. The SMILES string of the molecule is CC(C)c1cc(C(=O)OCCOc2ccccc2)c2cnn(C(C)C)c2n1. The Morgan fingerprint density at radius 1 is 1.11 bits per heavy atom. The van der Waals surface area contributed by atoms with Crippen molar-refractivity contribution in [1.82, 2.24) is 14.8 Å². The first-order valence-electron chi connectivity index (χ1n) is 9.20. The van der Waals surface area contributed by atoms with Gasteiger partial charge >= 0.3 is 5.97 Å². The van der Waals surface area contributed by atoms with Crippen LogP contribution in [0.3, 0.4) is 0 Å². The number of rotatable bonds is 7. The summed E-state index contributed by atoms with van der Waals surface area (Å²) in [5.41, 5.74) is 2.05. The number of pyridine rings is 1. The van der Waals surface area contributed by atoms with E-state index in [9.17, 15) is 4.79 Å². The molecule has 0 radical (unpaired) electrons. The smallest absolute Gasteiger partial charge is 0.339 e. The Kier molecular flexibility index (Phi) is 5.74. The van der Waals surface area contributed by atoms with Crippen molar-refractivity contribution < 1.29 is 14.3 Å². The van der Waals surface area contributed by atoms with Gasteiger partial charge in [-0.15, -0.1) is 0 Å². The molecule has 3 aromatic rings. The first kappa shape index (κ1) is 18.9. The molecule has 0 unspecified atom stereocenters. The summed E-state index contributed by atoms with van der Waals surface area (Å²) in [5.74, 6) is 0.558. The van der Waals surface area contributed by atoms with Crippen LogP contribution in [0.1, 0.15) is 55.7 Å². The second kappa shape index (κ2) is 8.20. The molecule has 0 atom stereocenters. The maximum atomic E-state index is 12.7. The highest BCUT2D eigenvalue weighted by atomic mass is 16.6. The molecule has 1 aromatic carbocycles. The van der Waals surface area contributed by atoms with Gasteiger partial charge in [0.15, 0.2) is 5.65 Å². The number of aromatic nitrogens is 3. The molecule has 142 valence electrons. The average molecular weight is 367 g/mol. The van der Waals surface area contributed by atoms with E-state index in [1.54, 1.807) is 12.3 Å². The molecule has 0 saturated carbocycles. The standard InChI is InChI=1S/C21H25N3O3/c1-14(2)19-12-17(18-13-22-24(15(3)4)20(18)23-19)21(25)27-11-10-26-16-8-6-5-7-9-16/h5-9,12-15H,10-11H2,1-4H3. The van der Waals surface area contributed by atoms with E-state index in [4.69, 9.17) is 14.5 Å². The molecule has 0 bridgehead atoms. The van der Waals surface area contributed by atoms with Gasteiger partial charge in [-0.2, -0.15) is 5.10 Å². The molecule has 6 heteroatoms. The van der Waals surface area contributed by atoms with Crippen molar-refractivity contribution in [2.45, 2.75) is 39.7 Å². The van der Waals surface area contributed by atoms with Crippen LogP contribution in [0, 0.1) is 0 Å². The maximum absolute atomic E-state index is 12.7. The fourth-order valence-corrected chi connectivity index (χ4v) is 2.77. The molecule has 0 amide bonds. The largest absolute Gasteiger partial charge is 0.490 e. The maximum Gasteiger partial charge on any atom is 0.339 e. The number of carbonyl (C=O) groups excluding carboxylic acids is 1. The predicted octanol–water partition coefficient (Wildman–Crippen LogP) is 4.37. The Bertz CT molecular complexity index is 917. The topological polar surface area (TPSA) is 66.2 Å². The highest BCUT2D eigenvalue weighted by Crippen LogP contribution is 2.25. The zero-order valence-corrected chi connectivity index (χ0v) is 16.2. The summed E-state index contributed by atoms with van der Waals surface area (Å²) in [6.07, 6.45) is 1.68. The molecule has 3 rings (SSSR count). The third kappa shape index (κ3) is 4.27. The van der Waals surface area contributed by atoms with Crippen molar-refractivity contribution in [3.8, 4) is 5.75 Å². The minimum atomic E-state index is -0.385. The van der Waals surface area contributed by atoms with E-state index in [0.29, 0.717) is 23.2 Å². The lowest BCUT2D eigenvalue weighted by Crippen LogP contribution is -2.14. The minimum Gasteiger partial charge on any atom is -0.490 e. The van der Waals surface area contributed by atoms with Crippen LogP contribution in [0.15, 0.2) is 42.6 Å². The highest BCUT2D eigenvalue weighted by Gasteiger charge is 2.19. The number of benzene rings is 1. The van der Waals surface area contributed by atoms with Gasteiger partial charge in [-0.05, 0) is 38.0 Å². The zero-order chi connectivity index (χ0) is 19.4. The molecular formula is C21H25N3O3. The summed E-state index contributed by atoms with van der Waals surface area (Å²) in [5, 5.41) is 5.11. The Morgan fingerprint density at radius 2 is 1.85 bits per heavy atom. The fraction of sp³-hybridized carbons (Fsp3) is 0.381. The van der Waals surface area contributed by atoms with Crippen molar-refractivity contribution in [2.75, 3.05) is 13.2 Å². The number of nitrogens with zero attached hydrogens (tertiary/aromatic N) is 3. The number of ether oxygens (including phenoxy) is 2.